The molecule has 1 aliphatic rings. The molecule has 2 heteroatoms. The van der Waals surface area contributed by atoms with Gasteiger partial charge in [0.1, 0.15) is 5.76 Å². The summed E-state index contributed by atoms with van der Waals surface area (Å²) in [6.07, 6.45) is 4.32. The van der Waals surface area contributed by atoms with Crippen molar-refractivity contribution in [1.29, 1.82) is 0 Å². The highest BCUT2D eigenvalue weighted by Crippen LogP contribution is 2.33. The van der Waals surface area contributed by atoms with Crippen molar-refractivity contribution < 1.29 is 4.42 Å². The summed E-state index contributed by atoms with van der Waals surface area (Å²) in [6.45, 7) is 2.36. The summed E-state index contributed by atoms with van der Waals surface area (Å²) in [5.41, 5.74) is 0. The summed E-state index contributed by atoms with van der Waals surface area (Å²) < 4.78 is 5.77. The van der Waals surface area contributed by atoms with Crippen molar-refractivity contribution in [2.75, 3.05) is 20.1 Å². The average Bonchev–Trinajstić information content (AvgIpc) is 2.74. The SMILES string of the molecule is CN1CCC(c2occ3ccccc23)CC1. The molecule has 84 valence electrons. The molecule has 1 saturated heterocycles. The molecule has 0 unspecified atom stereocenters. The van der Waals surface area contributed by atoms with E-state index in [0.29, 0.717) is 5.92 Å². The number of benzene rings is 1. The largest absolute Gasteiger partial charge is 0.468 e. The van der Waals surface area contributed by atoms with Gasteiger partial charge in [-0.25, -0.2) is 0 Å². The molecule has 3 rings (SSSR count). The number of hydrogen-bond acceptors (Lipinski definition) is 2. The summed E-state index contributed by atoms with van der Waals surface area (Å²) in [5.74, 6) is 1.81. The van der Waals surface area contributed by atoms with Gasteiger partial charge in [-0.3, -0.25) is 0 Å². The Labute approximate surface area is 95.9 Å². The number of hydrogen-bond donors (Lipinski definition) is 0. The van der Waals surface area contributed by atoms with Gasteiger partial charge in [-0.15, -0.1) is 0 Å². The number of likely N-dealkylation sites (tertiary alicyclic amines) is 1. The van der Waals surface area contributed by atoms with Crippen LogP contribution in [0.4, 0.5) is 0 Å². The van der Waals surface area contributed by atoms with Gasteiger partial charge in [0.25, 0.3) is 0 Å². The van der Waals surface area contributed by atoms with Crippen molar-refractivity contribution in [3.63, 3.8) is 0 Å². The van der Waals surface area contributed by atoms with E-state index in [-0.39, 0.29) is 0 Å². The van der Waals surface area contributed by atoms with Crippen LogP contribution in [0.5, 0.6) is 0 Å². The molecule has 0 radical (unpaired) electrons. The monoisotopic (exact) mass is 215 g/mol. The maximum Gasteiger partial charge on any atom is 0.114 e. The molecular formula is C14H17NO. The Balaban J connectivity index is 1.94. The summed E-state index contributed by atoms with van der Waals surface area (Å²) >= 11 is 0. The van der Waals surface area contributed by atoms with Crippen molar-refractivity contribution in [3.8, 4) is 0 Å². The lowest BCUT2D eigenvalue weighted by atomic mass is 9.92. The third-order valence-electron chi connectivity index (χ3n) is 3.63. The van der Waals surface area contributed by atoms with E-state index in [1.54, 1.807) is 0 Å². The minimum atomic E-state index is 0.607. The molecule has 0 aliphatic carbocycles. The maximum absolute atomic E-state index is 5.77. The topological polar surface area (TPSA) is 16.4 Å². The van der Waals surface area contributed by atoms with E-state index in [1.165, 1.54) is 42.5 Å². The smallest absolute Gasteiger partial charge is 0.114 e. The Morgan fingerprint density at radius 2 is 1.94 bits per heavy atom. The molecule has 0 atom stereocenters. The lowest BCUT2D eigenvalue weighted by Crippen LogP contribution is -2.29. The normalized spacial score (nSPS) is 19.3. The fourth-order valence-corrected chi connectivity index (χ4v) is 2.60. The quantitative estimate of drug-likeness (QED) is 0.726. The fraction of sp³-hybridized carbons (Fsp3) is 0.429. The Bertz CT molecular complexity index is 480. The molecule has 2 nitrogen and oxygen atoms in total. The molecule has 1 aromatic heterocycles. The predicted molar refractivity (Wildman–Crippen MR) is 65.7 cm³/mol. The summed E-state index contributed by atoms with van der Waals surface area (Å²) in [5, 5.41) is 2.54. The van der Waals surface area contributed by atoms with E-state index in [4.69, 9.17) is 4.42 Å². The van der Waals surface area contributed by atoms with Crippen LogP contribution in [0.25, 0.3) is 10.8 Å². The molecule has 2 aromatic rings. The van der Waals surface area contributed by atoms with Gasteiger partial charge in [0.15, 0.2) is 0 Å². The predicted octanol–water partition coefficient (Wildman–Crippen LogP) is 3.24. The maximum atomic E-state index is 5.77. The number of nitrogens with zero attached hydrogens (tertiary/aromatic N) is 1. The molecule has 0 saturated carbocycles. The highest BCUT2D eigenvalue weighted by atomic mass is 16.3. The molecule has 0 amide bonds. The van der Waals surface area contributed by atoms with Crippen LogP contribution in [0.15, 0.2) is 34.9 Å². The first kappa shape index (κ1) is 9.91. The van der Waals surface area contributed by atoms with Crippen molar-refractivity contribution >= 4 is 10.8 Å². The van der Waals surface area contributed by atoms with Gasteiger partial charge in [-0.1, -0.05) is 24.3 Å². The molecule has 2 heterocycles. The first-order valence-electron chi connectivity index (χ1n) is 5.99. The van der Waals surface area contributed by atoms with Crippen molar-refractivity contribution in [1.82, 2.24) is 4.90 Å². The zero-order chi connectivity index (χ0) is 11.0. The lowest BCUT2D eigenvalue weighted by molar-refractivity contribution is 0.241. The van der Waals surface area contributed by atoms with Gasteiger partial charge >= 0.3 is 0 Å². The number of piperidine rings is 1. The first-order chi connectivity index (χ1) is 7.84. The minimum absolute atomic E-state index is 0.607. The van der Waals surface area contributed by atoms with Gasteiger partial charge in [-0.05, 0) is 33.0 Å². The van der Waals surface area contributed by atoms with Crippen LogP contribution < -0.4 is 0 Å². The van der Waals surface area contributed by atoms with E-state index in [2.05, 4.69) is 36.2 Å². The molecule has 0 spiro atoms. The van der Waals surface area contributed by atoms with Crippen molar-refractivity contribution in [3.05, 3.63) is 36.3 Å². The molecule has 0 N–H and O–H groups in total. The van der Waals surface area contributed by atoms with Crippen molar-refractivity contribution in [2.24, 2.45) is 0 Å². The first-order valence-corrected chi connectivity index (χ1v) is 5.99. The zero-order valence-electron chi connectivity index (χ0n) is 9.65. The third-order valence-corrected chi connectivity index (χ3v) is 3.63. The summed E-state index contributed by atoms with van der Waals surface area (Å²) in [7, 11) is 2.19. The van der Waals surface area contributed by atoms with Crippen LogP contribution in [0, 0.1) is 0 Å². The molecule has 0 bridgehead atoms. The Morgan fingerprint density at radius 3 is 2.75 bits per heavy atom. The molecule has 16 heavy (non-hydrogen) atoms. The number of furan rings is 1. The number of rotatable bonds is 1. The van der Waals surface area contributed by atoms with E-state index in [1.807, 2.05) is 6.26 Å². The second-order valence-corrected chi connectivity index (χ2v) is 4.76. The highest BCUT2D eigenvalue weighted by molar-refractivity contribution is 5.84. The molecule has 1 aromatic carbocycles. The Kier molecular flexibility index (Phi) is 2.44. The fourth-order valence-electron chi connectivity index (χ4n) is 2.60. The zero-order valence-corrected chi connectivity index (χ0v) is 9.65. The van der Waals surface area contributed by atoms with Gasteiger partial charge < -0.3 is 9.32 Å². The van der Waals surface area contributed by atoms with E-state index < -0.39 is 0 Å². The van der Waals surface area contributed by atoms with Crippen LogP contribution in [-0.2, 0) is 0 Å². The summed E-state index contributed by atoms with van der Waals surface area (Å²) in [6, 6.07) is 8.45. The van der Waals surface area contributed by atoms with Crippen molar-refractivity contribution in [2.45, 2.75) is 18.8 Å². The Hall–Kier alpha value is -1.28. The molecular weight excluding hydrogens is 198 g/mol. The molecule has 1 aliphatic heterocycles. The highest BCUT2D eigenvalue weighted by Gasteiger charge is 2.22. The third kappa shape index (κ3) is 1.63. The second-order valence-electron chi connectivity index (χ2n) is 4.76. The minimum Gasteiger partial charge on any atom is -0.468 e. The van der Waals surface area contributed by atoms with Crippen LogP contribution in [0.1, 0.15) is 24.5 Å². The standard InChI is InChI=1S/C14H17NO/c1-15-8-6-11(7-9-15)14-13-5-3-2-4-12(13)10-16-14/h2-5,10-11H,6-9H2,1H3. The van der Waals surface area contributed by atoms with Gasteiger partial charge in [0.2, 0.25) is 0 Å². The van der Waals surface area contributed by atoms with Gasteiger partial charge in [0, 0.05) is 16.7 Å². The Morgan fingerprint density at radius 1 is 1.19 bits per heavy atom. The van der Waals surface area contributed by atoms with Crippen LogP contribution >= 0.6 is 0 Å². The van der Waals surface area contributed by atoms with Gasteiger partial charge in [0.05, 0.1) is 6.26 Å². The summed E-state index contributed by atoms with van der Waals surface area (Å²) in [4.78, 5) is 2.39. The van der Waals surface area contributed by atoms with Crippen LogP contribution in [0.2, 0.25) is 0 Å². The lowest BCUT2D eigenvalue weighted by Gasteiger charge is -2.27. The van der Waals surface area contributed by atoms with Crippen LogP contribution in [0.3, 0.4) is 0 Å². The van der Waals surface area contributed by atoms with E-state index in [0.717, 1.165) is 0 Å². The second kappa shape index (κ2) is 3.95. The molecule has 1 fully saturated rings. The van der Waals surface area contributed by atoms with Gasteiger partial charge in [-0.2, -0.15) is 0 Å². The average molecular weight is 215 g/mol. The number of fused-ring (bicyclic) bond motifs is 1. The van der Waals surface area contributed by atoms with Crippen LogP contribution in [-0.4, -0.2) is 25.0 Å². The van der Waals surface area contributed by atoms with E-state index in [9.17, 15) is 0 Å². The van der Waals surface area contributed by atoms with E-state index >= 15 is 0 Å².